The zero-order valence-electron chi connectivity index (χ0n) is 27.1. The van der Waals surface area contributed by atoms with Crippen LogP contribution in [-0.4, -0.2) is 42.7 Å². The molecule has 0 spiro atoms. The summed E-state index contributed by atoms with van der Waals surface area (Å²) in [4.78, 5) is 45.0. The molecule has 0 bridgehead atoms. The maximum atomic E-state index is 13.7. The minimum atomic E-state index is -0.490. The van der Waals surface area contributed by atoms with Gasteiger partial charge in [-0.2, -0.15) is 0 Å². The molecule has 11 heteroatoms. The lowest BCUT2D eigenvalue weighted by atomic mass is 10.0. The van der Waals surface area contributed by atoms with Gasteiger partial charge >= 0.3 is 0 Å². The molecule has 50 heavy (non-hydrogen) atoms. The van der Waals surface area contributed by atoms with Gasteiger partial charge < -0.3 is 25.4 Å². The van der Waals surface area contributed by atoms with Crippen LogP contribution in [0.4, 0.5) is 10.8 Å². The van der Waals surface area contributed by atoms with Crippen LogP contribution in [0.5, 0.6) is 11.5 Å². The number of ether oxygens (including phenoxy) is 2. The second-order valence-electron chi connectivity index (χ2n) is 10.9. The molecule has 0 unspecified atom stereocenters. The number of thiazole rings is 1. The van der Waals surface area contributed by atoms with Gasteiger partial charge in [0.05, 0.1) is 25.7 Å². The number of aromatic nitrogens is 1. The number of carbonyl (C=O) groups excluding carboxylic acids is 3. The van der Waals surface area contributed by atoms with Gasteiger partial charge in [-0.25, -0.2) is 4.98 Å². The molecule has 6 rings (SSSR count). The highest BCUT2D eigenvalue weighted by Crippen LogP contribution is 2.33. The first-order valence-electron chi connectivity index (χ1n) is 15.5. The van der Waals surface area contributed by atoms with Gasteiger partial charge in [-0.05, 0) is 70.9 Å². The Labute approximate surface area is 297 Å². The number of carbonyl (C=O) groups is 3. The fourth-order valence-electron chi connectivity index (χ4n) is 5.10. The molecule has 9 nitrogen and oxygen atoms in total. The number of nitrogens with zero attached hydrogens (tertiary/aromatic N) is 1. The number of benzene rings is 5. The van der Waals surface area contributed by atoms with Crippen LogP contribution in [-0.2, 0) is 9.59 Å². The maximum absolute atomic E-state index is 13.7. The van der Waals surface area contributed by atoms with E-state index >= 15 is 0 Å². The summed E-state index contributed by atoms with van der Waals surface area (Å²) in [5.41, 5.74) is 3.35. The SMILES string of the molecule is COc1ccc(-c2csc(NC(=O)CSc3cccc(NC(=O)/C(=C\c4cccc5ccccc45)NC(=O)c4ccccc4)c3)n2)cc1OC. The van der Waals surface area contributed by atoms with E-state index in [4.69, 9.17) is 9.47 Å². The molecule has 250 valence electrons. The summed E-state index contributed by atoms with van der Waals surface area (Å²) in [7, 11) is 3.15. The van der Waals surface area contributed by atoms with Crippen molar-refractivity contribution in [2.24, 2.45) is 0 Å². The topological polar surface area (TPSA) is 119 Å². The average molecular weight is 701 g/mol. The number of fused-ring (bicyclic) bond motifs is 1. The summed E-state index contributed by atoms with van der Waals surface area (Å²) < 4.78 is 10.7. The van der Waals surface area contributed by atoms with Crippen LogP contribution < -0.4 is 25.4 Å². The molecule has 0 aliphatic carbocycles. The molecule has 0 fully saturated rings. The zero-order valence-corrected chi connectivity index (χ0v) is 28.8. The largest absolute Gasteiger partial charge is 0.493 e. The summed E-state index contributed by atoms with van der Waals surface area (Å²) in [5.74, 6) is 0.222. The molecule has 3 N–H and O–H groups in total. The highest BCUT2D eigenvalue weighted by atomic mass is 32.2. The molecule has 0 saturated heterocycles. The third-order valence-corrected chi connectivity index (χ3v) is 9.30. The first kappa shape index (κ1) is 34.0. The molecule has 6 aromatic rings. The van der Waals surface area contributed by atoms with Crippen LogP contribution in [0.1, 0.15) is 15.9 Å². The van der Waals surface area contributed by atoms with E-state index in [1.165, 1.54) is 23.1 Å². The molecule has 1 heterocycles. The van der Waals surface area contributed by atoms with Crippen molar-refractivity contribution in [1.29, 1.82) is 0 Å². The number of amides is 3. The second-order valence-corrected chi connectivity index (χ2v) is 12.8. The Balaban J connectivity index is 1.12. The van der Waals surface area contributed by atoms with Crippen molar-refractivity contribution < 1.29 is 23.9 Å². The van der Waals surface area contributed by atoms with Crippen molar-refractivity contribution in [3.8, 4) is 22.8 Å². The first-order valence-corrected chi connectivity index (χ1v) is 17.3. The molecular weight excluding hydrogens is 669 g/mol. The summed E-state index contributed by atoms with van der Waals surface area (Å²) in [6.07, 6.45) is 1.68. The van der Waals surface area contributed by atoms with Crippen LogP contribution in [0.25, 0.3) is 28.1 Å². The number of nitrogens with one attached hydrogen (secondary N) is 3. The second kappa shape index (κ2) is 16.0. The van der Waals surface area contributed by atoms with Gasteiger partial charge in [0.25, 0.3) is 11.8 Å². The van der Waals surface area contributed by atoms with Gasteiger partial charge in [-0.15, -0.1) is 23.1 Å². The highest BCUT2D eigenvalue weighted by molar-refractivity contribution is 8.00. The number of anilines is 2. The van der Waals surface area contributed by atoms with Gasteiger partial charge in [-0.3, -0.25) is 14.4 Å². The van der Waals surface area contributed by atoms with Crippen molar-refractivity contribution >= 4 is 68.5 Å². The lowest BCUT2D eigenvalue weighted by Gasteiger charge is -2.13. The van der Waals surface area contributed by atoms with Crippen molar-refractivity contribution in [2.45, 2.75) is 4.90 Å². The fourth-order valence-corrected chi connectivity index (χ4v) is 6.59. The van der Waals surface area contributed by atoms with Gasteiger partial charge in [0.1, 0.15) is 5.70 Å². The number of hydrogen-bond donors (Lipinski definition) is 3. The molecule has 5 aromatic carbocycles. The third-order valence-electron chi connectivity index (χ3n) is 7.54. The normalized spacial score (nSPS) is 11.1. The van der Waals surface area contributed by atoms with Crippen molar-refractivity contribution in [2.75, 3.05) is 30.6 Å². The number of rotatable bonds is 12. The molecule has 0 aliphatic rings. The van der Waals surface area contributed by atoms with Crippen molar-refractivity contribution in [1.82, 2.24) is 10.3 Å². The molecule has 0 radical (unpaired) electrons. The van der Waals surface area contributed by atoms with Gasteiger partial charge in [0, 0.05) is 27.1 Å². The quantitative estimate of drug-likeness (QED) is 0.0872. The Morgan fingerprint density at radius 2 is 1.56 bits per heavy atom. The Hall–Kier alpha value is -5.91. The first-order chi connectivity index (χ1) is 24.4. The molecule has 3 amide bonds. The predicted molar refractivity (Wildman–Crippen MR) is 201 cm³/mol. The smallest absolute Gasteiger partial charge is 0.272 e. The maximum Gasteiger partial charge on any atom is 0.272 e. The number of methoxy groups -OCH3 is 2. The summed E-state index contributed by atoms with van der Waals surface area (Å²) in [6.45, 7) is 0. The molecule has 1 aromatic heterocycles. The van der Waals surface area contributed by atoms with Crippen LogP contribution >= 0.6 is 23.1 Å². The van der Waals surface area contributed by atoms with Crippen LogP contribution in [0.15, 0.2) is 131 Å². The van der Waals surface area contributed by atoms with E-state index in [1.807, 2.05) is 78.2 Å². The van der Waals surface area contributed by atoms with Crippen LogP contribution in [0, 0.1) is 0 Å². The zero-order chi connectivity index (χ0) is 34.9. The Morgan fingerprint density at radius 1 is 0.800 bits per heavy atom. The average Bonchev–Trinajstić information content (AvgIpc) is 3.62. The van der Waals surface area contributed by atoms with E-state index in [1.54, 1.807) is 62.8 Å². The van der Waals surface area contributed by atoms with Gasteiger partial charge in [0.2, 0.25) is 5.91 Å². The van der Waals surface area contributed by atoms with E-state index in [-0.39, 0.29) is 17.4 Å². The Kier molecular flexibility index (Phi) is 10.9. The van der Waals surface area contributed by atoms with Crippen LogP contribution in [0.2, 0.25) is 0 Å². The van der Waals surface area contributed by atoms with Gasteiger partial charge in [0.15, 0.2) is 16.6 Å². The predicted octanol–water partition coefficient (Wildman–Crippen LogP) is 8.12. The minimum absolute atomic E-state index is 0.0866. The molecule has 0 saturated carbocycles. The summed E-state index contributed by atoms with van der Waals surface area (Å²) in [6, 6.07) is 35.1. The minimum Gasteiger partial charge on any atom is -0.493 e. The summed E-state index contributed by atoms with van der Waals surface area (Å²) >= 11 is 2.65. The van der Waals surface area contributed by atoms with Crippen LogP contribution in [0.3, 0.4) is 0 Å². The van der Waals surface area contributed by atoms with E-state index in [2.05, 4.69) is 20.9 Å². The van der Waals surface area contributed by atoms with Crippen molar-refractivity contribution in [3.63, 3.8) is 0 Å². The number of thioether (sulfide) groups is 1. The molecular formula is C39H32N4O5S2. The number of hydrogen-bond acceptors (Lipinski definition) is 8. The van der Waals surface area contributed by atoms with E-state index in [0.29, 0.717) is 33.6 Å². The molecule has 0 aliphatic heterocycles. The van der Waals surface area contributed by atoms with E-state index in [0.717, 1.165) is 26.8 Å². The van der Waals surface area contributed by atoms with E-state index in [9.17, 15) is 14.4 Å². The molecule has 0 atom stereocenters. The standard InChI is InChI=1S/C39H32N4O5S2/c1-47-34-19-18-28(21-35(34)48-2)33-23-50-39(42-33)43-36(44)24-49-30-16-9-15-29(22-30)40-38(46)32(41-37(45)26-11-4-3-5-12-26)20-27-14-8-13-25-10-6-7-17-31(25)27/h3-23H,24H2,1-2H3,(H,40,46)(H,41,45)(H,42,43,44)/b32-20+. The Bertz CT molecular complexity index is 2190. The summed E-state index contributed by atoms with van der Waals surface area (Å²) in [5, 5.41) is 12.9. The lowest BCUT2D eigenvalue weighted by Crippen LogP contribution is -2.30. The lowest BCUT2D eigenvalue weighted by molar-refractivity contribution is -0.114. The van der Waals surface area contributed by atoms with Gasteiger partial charge in [-0.1, -0.05) is 66.7 Å². The fraction of sp³-hybridized carbons (Fsp3) is 0.0769. The monoisotopic (exact) mass is 700 g/mol. The highest BCUT2D eigenvalue weighted by Gasteiger charge is 2.17. The third kappa shape index (κ3) is 8.38. The van der Waals surface area contributed by atoms with Crippen molar-refractivity contribution in [3.05, 3.63) is 137 Å². The Morgan fingerprint density at radius 3 is 2.38 bits per heavy atom. The van der Waals surface area contributed by atoms with E-state index < -0.39 is 11.8 Å².